The van der Waals surface area contributed by atoms with E-state index in [0.717, 1.165) is 18.7 Å². The Bertz CT molecular complexity index is 435. The van der Waals surface area contributed by atoms with E-state index in [9.17, 15) is 5.11 Å². The van der Waals surface area contributed by atoms with Crippen molar-refractivity contribution in [1.82, 2.24) is 4.90 Å². The van der Waals surface area contributed by atoms with E-state index in [1.54, 1.807) is 0 Å². The van der Waals surface area contributed by atoms with Gasteiger partial charge in [-0.3, -0.25) is 0 Å². The lowest BCUT2D eigenvalue weighted by molar-refractivity contribution is 0.248. The van der Waals surface area contributed by atoms with Crippen molar-refractivity contribution in [2.45, 2.75) is 45.3 Å². The summed E-state index contributed by atoms with van der Waals surface area (Å²) in [5, 5.41) is 9.66. The Hall–Kier alpha value is -1.06. The molecule has 1 aromatic rings. The minimum Gasteiger partial charge on any atom is -0.392 e. The van der Waals surface area contributed by atoms with Crippen LogP contribution in [0.5, 0.6) is 0 Å². The van der Waals surface area contributed by atoms with Gasteiger partial charge in [0.05, 0.1) is 6.61 Å². The summed E-state index contributed by atoms with van der Waals surface area (Å²) in [6.07, 6.45) is 2.40. The van der Waals surface area contributed by atoms with E-state index >= 15 is 0 Å². The van der Waals surface area contributed by atoms with Gasteiger partial charge in [0.2, 0.25) is 0 Å². The third-order valence-corrected chi connectivity index (χ3v) is 4.48. The maximum absolute atomic E-state index is 9.66. The molecule has 1 aliphatic heterocycles. The highest BCUT2D eigenvalue weighted by atomic mass is 16.3. The van der Waals surface area contributed by atoms with Crippen LogP contribution in [0.1, 0.15) is 43.7 Å². The first-order chi connectivity index (χ1) is 9.52. The largest absolute Gasteiger partial charge is 0.392 e. The summed E-state index contributed by atoms with van der Waals surface area (Å²) in [5.74, 6) is 0.508. The first-order valence-electron chi connectivity index (χ1n) is 7.68. The number of hydrogen-bond donors (Lipinski definition) is 1. The third kappa shape index (κ3) is 3.33. The topological polar surface area (TPSA) is 26.7 Å². The SMILES string of the molecule is CC(C)c1ccc(N2CCC(N(C)C)CC2)c(CO)c1. The number of aliphatic hydroxyl groups is 1. The van der Waals surface area contributed by atoms with Crippen molar-refractivity contribution in [1.29, 1.82) is 0 Å². The van der Waals surface area contributed by atoms with Crippen molar-refractivity contribution in [3.05, 3.63) is 29.3 Å². The van der Waals surface area contributed by atoms with Crippen LogP contribution in [0, 0.1) is 0 Å². The zero-order chi connectivity index (χ0) is 14.7. The normalized spacial score (nSPS) is 17.2. The number of nitrogens with zero attached hydrogens (tertiary/aromatic N) is 2. The Kier molecular flexibility index (Phi) is 5.06. The predicted octanol–water partition coefficient (Wildman–Crippen LogP) is 2.83. The monoisotopic (exact) mass is 276 g/mol. The Labute approximate surface area is 123 Å². The molecule has 0 amide bonds. The molecular weight excluding hydrogens is 248 g/mol. The van der Waals surface area contributed by atoms with Gasteiger partial charge in [0.15, 0.2) is 0 Å². The lowest BCUT2D eigenvalue weighted by atomic mass is 9.97. The molecule has 1 heterocycles. The fourth-order valence-corrected chi connectivity index (χ4v) is 3.02. The van der Waals surface area contributed by atoms with Gasteiger partial charge >= 0.3 is 0 Å². The van der Waals surface area contributed by atoms with E-state index in [0.29, 0.717) is 12.0 Å². The fraction of sp³-hybridized carbons (Fsp3) is 0.647. The zero-order valence-corrected chi connectivity index (χ0v) is 13.3. The molecule has 3 nitrogen and oxygen atoms in total. The molecule has 0 aromatic heterocycles. The Morgan fingerprint density at radius 3 is 2.40 bits per heavy atom. The van der Waals surface area contributed by atoms with Crippen molar-refractivity contribution in [2.75, 3.05) is 32.1 Å². The molecule has 0 radical (unpaired) electrons. The van der Waals surface area contributed by atoms with Gasteiger partial charge in [0, 0.05) is 30.4 Å². The Morgan fingerprint density at radius 1 is 1.25 bits per heavy atom. The molecule has 20 heavy (non-hydrogen) atoms. The van der Waals surface area contributed by atoms with E-state index in [1.165, 1.54) is 24.1 Å². The average Bonchev–Trinajstić information content (AvgIpc) is 2.46. The summed E-state index contributed by atoms with van der Waals surface area (Å²) >= 11 is 0. The molecule has 1 saturated heterocycles. The molecule has 0 spiro atoms. The van der Waals surface area contributed by atoms with Crippen LogP contribution in [0.25, 0.3) is 0 Å². The molecule has 3 heteroatoms. The predicted molar refractivity (Wildman–Crippen MR) is 85.4 cm³/mol. The van der Waals surface area contributed by atoms with Gasteiger partial charge in [-0.05, 0) is 44.5 Å². The van der Waals surface area contributed by atoms with Gasteiger partial charge in [0.25, 0.3) is 0 Å². The second kappa shape index (κ2) is 6.59. The van der Waals surface area contributed by atoms with Gasteiger partial charge in [0.1, 0.15) is 0 Å². The third-order valence-electron chi connectivity index (χ3n) is 4.48. The van der Waals surface area contributed by atoms with E-state index in [2.05, 4.69) is 55.9 Å². The quantitative estimate of drug-likeness (QED) is 0.916. The Balaban J connectivity index is 2.13. The lowest BCUT2D eigenvalue weighted by Gasteiger charge is -2.37. The maximum Gasteiger partial charge on any atom is 0.0702 e. The van der Waals surface area contributed by atoms with Crippen LogP contribution in [0.3, 0.4) is 0 Å². The summed E-state index contributed by atoms with van der Waals surface area (Å²) in [6, 6.07) is 7.25. The van der Waals surface area contributed by atoms with Crippen LogP contribution in [0.4, 0.5) is 5.69 Å². The van der Waals surface area contributed by atoms with Crippen LogP contribution < -0.4 is 4.90 Å². The molecule has 1 N–H and O–H groups in total. The van der Waals surface area contributed by atoms with Gasteiger partial charge in [-0.25, -0.2) is 0 Å². The fourth-order valence-electron chi connectivity index (χ4n) is 3.02. The van der Waals surface area contributed by atoms with Gasteiger partial charge < -0.3 is 14.9 Å². The minimum absolute atomic E-state index is 0.128. The van der Waals surface area contributed by atoms with Crippen LogP contribution in [0.2, 0.25) is 0 Å². The summed E-state index contributed by atoms with van der Waals surface area (Å²) in [5.41, 5.74) is 3.59. The zero-order valence-electron chi connectivity index (χ0n) is 13.3. The van der Waals surface area contributed by atoms with Crippen molar-refractivity contribution in [3.8, 4) is 0 Å². The Morgan fingerprint density at radius 2 is 1.90 bits per heavy atom. The van der Waals surface area contributed by atoms with Gasteiger partial charge in [-0.2, -0.15) is 0 Å². The van der Waals surface area contributed by atoms with Crippen molar-refractivity contribution in [3.63, 3.8) is 0 Å². The van der Waals surface area contributed by atoms with Crippen LogP contribution >= 0.6 is 0 Å². The highest BCUT2D eigenvalue weighted by Crippen LogP contribution is 2.28. The molecule has 0 aliphatic carbocycles. The molecule has 2 rings (SSSR count). The highest BCUT2D eigenvalue weighted by molar-refractivity contribution is 5.55. The summed E-state index contributed by atoms with van der Waals surface area (Å²) in [6.45, 7) is 6.68. The van der Waals surface area contributed by atoms with E-state index < -0.39 is 0 Å². The number of benzene rings is 1. The molecule has 0 bridgehead atoms. The van der Waals surface area contributed by atoms with E-state index in [1.807, 2.05) is 0 Å². The number of aliphatic hydroxyl groups excluding tert-OH is 1. The van der Waals surface area contributed by atoms with Crippen molar-refractivity contribution < 1.29 is 5.11 Å². The number of anilines is 1. The molecule has 1 fully saturated rings. The second-order valence-electron chi connectivity index (χ2n) is 6.38. The standard InChI is InChI=1S/C17H28N2O/c1-13(2)14-5-6-17(15(11-14)12-20)19-9-7-16(8-10-19)18(3)4/h5-6,11,13,16,20H,7-10,12H2,1-4H3. The first kappa shape index (κ1) is 15.3. The summed E-state index contributed by atoms with van der Waals surface area (Å²) in [4.78, 5) is 4.75. The van der Waals surface area contributed by atoms with Gasteiger partial charge in [-0.1, -0.05) is 26.0 Å². The second-order valence-corrected chi connectivity index (χ2v) is 6.38. The molecule has 0 atom stereocenters. The average molecular weight is 276 g/mol. The highest BCUT2D eigenvalue weighted by Gasteiger charge is 2.22. The minimum atomic E-state index is 0.128. The van der Waals surface area contributed by atoms with E-state index in [4.69, 9.17) is 0 Å². The molecule has 0 unspecified atom stereocenters. The molecule has 1 aromatic carbocycles. The molecular formula is C17H28N2O. The summed E-state index contributed by atoms with van der Waals surface area (Å²) < 4.78 is 0. The van der Waals surface area contributed by atoms with Gasteiger partial charge in [-0.15, -0.1) is 0 Å². The number of rotatable bonds is 4. The van der Waals surface area contributed by atoms with E-state index in [-0.39, 0.29) is 6.61 Å². The molecule has 1 aliphatic rings. The van der Waals surface area contributed by atoms with Crippen molar-refractivity contribution in [2.24, 2.45) is 0 Å². The number of hydrogen-bond acceptors (Lipinski definition) is 3. The smallest absolute Gasteiger partial charge is 0.0702 e. The molecule has 112 valence electrons. The number of piperidine rings is 1. The van der Waals surface area contributed by atoms with Crippen molar-refractivity contribution >= 4 is 5.69 Å². The first-order valence-corrected chi connectivity index (χ1v) is 7.68. The molecule has 0 saturated carbocycles. The summed E-state index contributed by atoms with van der Waals surface area (Å²) in [7, 11) is 4.33. The van der Waals surface area contributed by atoms with Crippen LogP contribution in [-0.4, -0.2) is 43.2 Å². The van der Waals surface area contributed by atoms with Crippen LogP contribution in [-0.2, 0) is 6.61 Å². The van der Waals surface area contributed by atoms with Crippen LogP contribution in [0.15, 0.2) is 18.2 Å². The maximum atomic E-state index is 9.66. The lowest BCUT2D eigenvalue weighted by Crippen LogP contribution is -2.42.